The van der Waals surface area contributed by atoms with E-state index in [0.29, 0.717) is 0 Å². The maximum Gasteiger partial charge on any atom is 0.551 e. The Hall–Kier alpha value is -1.55. The number of piperidine rings is 1. The average molecular weight is 404 g/mol. The summed E-state index contributed by atoms with van der Waals surface area (Å²) in [5.74, 6) is 0. The fraction of sp³-hybridized carbons (Fsp3) is 0.720. The highest BCUT2D eigenvalue weighted by atomic mass is 16.6. The van der Waals surface area contributed by atoms with Crippen LogP contribution in [0.1, 0.15) is 90.0 Å². The number of likely N-dealkylation sites (tertiary alicyclic amines) is 1. The zero-order chi connectivity index (χ0) is 20.7. The largest absolute Gasteiger partial charge is 0.551 e. The van der Waals surface area contributed by atoms with Crippen molar-refractivity contribution in [3.8, 4) is 0 Å². The second kappa shape index (κ2) is 14.4. The molecule has 0 bridgehead atoms. The van der Waals surface area contributed by atoms with Crippen LogP contribution in [0.4, 0.5) is 5.69 Å². The third-order valence-corrected chi connectivity index (χ3v) is 5.84. The molecule has 0 amide bonds. The van der Waals surface area contributed by atoms with Gasteiger partial charge in [0.05, 0.1) is 0 Å². The monoisotopic (exact) mass is 403 g/mol. The molecular weight excluding hydrogens is 360 g/mol. The Labute approximate surface area is 178 Å². The number of hydrogen-bond donors (Lipinski definition) is 2. The molecule has 0 aliphatic carbocycles. The van der Waals surface area contributed by atoms with Gasteiger partial charge in [0.15, 0.2) is 0 Å². The Morgan fingerprint density at radius 3 is 2.38 bits per heavy atom. The molecule has 4 heteroatoms. The van der Waals surface area contributed by atoms with E-state index in [-0.39, 0.29) is 12.2 Å². The van der Waals surface area contributed by atoms with Gasteiger partial charge in [-0.25, -0.2) is 0 Å². The van der Waals surface area contributed by atoms with Crippen molar-refractivity contribution >= 4 is 11.8 Å². The molecule has 4 nitrogen and oxygen atoms in total. The molecule has 164 valence electrons. The second-order valence-corrected chi connectivity index (χ2v) is 8.60. The first-order valence-electron chi connectivity index (χ1n) is 12.0. The lowest BCUT2D eigenvalue weighted by molar-refractivity contribution is -0.384. The van der Waals surface area contributed by atoms with Crippen LogP contribution in [0.25, 0.3) is 0 Å². The number of hydrogen-bond acceptors (Lipinski definition) is 2. The van der Waals surface area contributed by atoms with Gasteiger partial charge in [-0.3, -0.25) is 4.90 Å². The summed E-state index contributed by atoms with van der Waals surface area (Å²) in [6, 6.07) is 8.25. The van der Waals surface area contributed by atoms with Crippen molar-refractivity contribution in [2.24, 2.45) is 0 Å². The quantitative estimate of drug-likeness (QED) is 0.280. The van der Waals surface area contributed by atoms with Gasteiger partial charge >= 0.3 is 6.08 Å². The number of unbranched alkanes of at least 4 members (excludes halogenated alkanes) is 7. The summed E-state index contributed by atoms with van der Waals surface area (Å²) in [5, 5.41) is 10.3. The maximum absolute atomic E-state index is 10.3. The number of aliphatic hydroxyl groups excluding tert-OH is 1. The molecule has 0 spiro atoms. The first-order chi connectivity index (χ1) is 14.2. The van der Waals surface area contributed by atoms with Gasteiger partial charge in [0.2, 0.25) is 5.69 Å². The van der Waals surface area contributed by atoms with Gasteiger partial charge in [-0.1, -0.05) is 76.5 Å². The summed E-state index contributed by atoms with van der Waals surface area (Å²) in [5.41, 5.74) is 2.20. The Kier molecular flexibility index (Phi) is 11.8. The SMILES string of the molecule is CCCCCCCCCCc1ccccc1[NH+]=C(O)O[C@H](C)CN1CCCCC1. The van der Waals surface area contributed by atoms with Crippen LogP contribution in [0.5, 0.6) is 0 Å². The van der Waals surface area contributed by atoms with Crippen molar-refractivity contribution in [2.75, 3.05) is 19.6 Å². The summed E-state index contributed by atoms with van der Waals surface area (Å²) in [6.45, 7) is 7.44. The topological polar surface area (TPSA) is 46.7 Å². The molecule has 0 aromatic heterocycles. The highest BCUT2D eigenvalue weighted by Crippen LogP contribution is 2.15. The number of benzene rings is 1. The molecule has 2 N–H and O–H groups in total. The van der Waals surface area contributed by atoms with Crippen LogP contribution >= 0.6 is 0 Å². The lowest BCUT2D eigenvalue weighted by Gasteiger charge is -2.28. The van der Waals surface area contributed by atoms with Gasteiger partial charge < -0.3 is 9.84 Å². The summed E-state index contributed by atoms with van der Waals surface area (Å²) in [4.78, 5) is 5.51. The van der Waals surface area contributed by atoms with E-state index in [1.54, 1.807) is 0 Å². The maximum atomic E-state index is 10.3. The molecule has 1 aromatic rings. The van der Waals surface area contributed by atoms with Gasteiger partial charge in [-0.2, -0.15) is 0 Å². The van der Waals surface area contributed by atoms with E-state index in [9.17, 15) is 5.11 Å². The van der Waals surface area contributed by atoms with E-state index in [4.69, 9.17) is 4.74 Å². The second-order valence-electron chi connectivity index (χ2n) is 8.60. The smallest absolute Gasteiger partial charge is 0.430 e. The van der Waals surface area contributed by atoms with Gasteiger partial charge in [0.1, 0.15) is 6.10 Å². The molecule has 1 heterocycles. The van der Waals surface area contributed by atoms with Crippen LogP contribution < -0.4 is 4.99 Å². The average Bonchev–Trinajstić information content (AvgIpc) is 2.71. The Morgan fingerprint density at radius 1 is 1.00 bits per heavy atom. The molecule has 0 saturated carbocycles. The normalized spacial score (nSPS) is 16.7. The van der Waals surface area contributed by atoms with Gasteiger partial charge in [-0.05, 0) is 45.7 Å². The zero-order valence-corrected chi connectivity index (χ0v) is 18.8. The van der Waals surface area contributed by atoms with Gasteiger partial charge in [-0.15, -0.1) is 4.99 Å². The van der Waals surface area contributed by atoms with Gasteiger partial charge in [0.25, 0.3) is 0 Å². The number of nitrogens with one attached hydrogen (secondary N) is 1. The first kappa shape index (κ1) is 23.7. The lowest BCUT2D eigenvalue weighted by atomic mass is 10.0. The van der Waals surface area contributed by atoms with Crippen LogP contribution in [0.15, 0.2) is 24.3 Å². The molecule has 1 saturated heterocycles. The molecule has 29 heavy (non-hydrogen) atoms. The van der Waals surface area contributed by atoms with E-state index in [1.165, 1.54) is 76.2 Å². The van der Waals surface area contributed by atoms with E-state index in [2.05, 4.69) is 28.9 Å². The van der Waals surface area contributed by atoms with Crippen LogP contribution in [0, 0.1) is 0 Å². The first-order valence-corrected chi connectivity index (χ1v) is 12.0. The van der Waals surface area contributed by atoms with E-state index in [0.717, 1.165) is 31.7 Å². The molecule has 0 unspecified atom stereocenters. The molecule has 2 rings (SSSR count). The van der Waals surface area contributed by atoms with Crippen LogP contribution in [0.3, 0.4) is 0 Å². The van der Waals surface area contributed by atoms with Crippen LogP contribution in [-0.4, -0.2) is 41.8 Å². The fourth-order valence-corrected chi connectivity index (χ4v) is 4.19. The predicted octanol–water partition coefficient (Wildman–Crippen LogP) is 4.89. The third kappa shape index (κ3) is 10.2. The number of para-hydroxylation sites is 1. The fourth-order valence-electron chi connectivity index (χ4n) is 4.19. The minimum atomic E-state index is -0.0853. The molecule has 1 atom stereocenters. The minimum absolute atomic E-state index is 0.0273. The highest BCUT2D eigenvalue weighted by Gasteiger charge is 2.18. The van der Waals surface area contributed by atoms with Crippen LogP contribution in [0.2, 0.25) is 0 Å². The summed E-state index contributed by atoms with van der Waals surface area (Å²) >= 11 is 0. The molecule has 1 aliphatic rings. The molecule has 0 radical (unpaired) electrons. The van der Waals surface area contributed by atoms with Crippen LogP contribution in [-0.2, 0) is 11.2 Å². The predicted molar refractivity (Wildman–Crippen MR) is 122 cm³/mol. The molecule has 1 fully saturated rings. The number of ether oxygens (including phenoxy) is 1. The number of nitrogens with zero attached hydrogens (tertiary/aromatic N) is 1. The van der Waals surface area contributed by atoms with Crippen molar-refractivity contribution < 1.29 is 14.8 Å². The van der Waals surface area contributed by atoms with E-state index in [1.807, 2.05) is 19.1 Å². The standard InChI is InChI=1S/C25H42N2O2/c1-3-4-5-6-7-8-9-11-16-23-17-12-13-18-24(23)26-25(28)29-22(2)21-27-19-14-10-15-20-27/h12-13,17-18,22H,3-11,14-16,19-21H2,1-2H3,(H,26,28)/p+1/t22-/m1/s1. The lowest BCUT2D eigenvalue weighted by Crippen LogP contribution is -2.68. The van der Waals surface area contributed by atoms with Crippen molar-refractivity contribution in [3.63, 3.8) is 0 Å². The Morgan fingerprint density at radius 2 is 1.66 bits per heavy atom. The third-order valence-electron chi connectivity index (χ3n) is 5.84. The molecule has 1 aliphatic heterocycles. The Balaban J connectivity index is 1.74. The Bertz CT molecular complexity index is 582. The van der Waals surface area contributed by atoms with E-state index >= 15 is 0 Å². The van der Waals surface area contributed by atoms with Crippen molar-refractivity contribution in [3.05, 3.63) is 29.8 Å². The molecule has 1 aromatic carbocycles. The number of rotatable bonds is 13. The summed E-state index contributed by atoms with van der Waals surface area (Å²) in [6.07, 6.45) is 15.4. The van der Waals surface area contributed by atoms with Gasteiger partial charge in [0, 0.05) is 18.2 Å². The summed E-state index contributed by atoms with van der Waals surface area (Å²) < 4.78 is 5.72. The zero-order valence-electron chi connectivity index (χ0n) is 18.8. The van der Waals surface area contributed by atoms with Crippen molar-refractivity contribution in [1.29, 1.82) is 0 Å². The highest BCUT2D eigenvalue weighted by molar-refractivity contribution is 5.59. The number of aryl methyl sites for hydroxylation is 1. The van der Waals surface area contributed by atoms with E-state index < -0.39 is 0 Å². The molecular formula is C25H43N2O2+. The van der Waals surface area contributed by atoms with Crippen molar-refractivity contribution in [1.82, 2.24) is 4.90 Å². The van der Waals surface area contributed by atoms with Crippen molar-refractivity contribution in [2.45, 2.75) is 97.0 Å². The number of aliphatic hydroxyl groups is 1. The minimum Gasteiger partial charge on any atom is -0.430 e. The summed E-state index contributed by atoms with van der Waals surface area (Å²) in [7, 11) is 0.